The van der Waals surface area contributed by atoms with Gasteiger partial charge in [-0.3, -0.25) is 9.59 Å². The highest BCUT2D eigenvalue weighted by atomic mass is 35.5. The highest BCUT2D eigenvalue weighted by molar-refractivity contribution is 6.31. The minimum atomic E-state index is -0.590. The number of nitrogens with zero attached hydrogens (tertiary/aromatic N) is 1. The minimum Gasteiger partial charge on any atom is -0.486 e. The number of ether oxygens (including phenoxy) is 1. The molecule has 1 atom stereocenters. The summed E-state index contributed by atoms with van der Waals surface area (Å²) >= 11 is 6.00. The Bertz CT molecular complexity index is 843. The fraction of sp³-hybridized carbons (Fsp3) is 0.429. The van der Waals surface area contributed by atoms with E-state index in [1.807, 2.05) is 17.9 Å². The third-order valence-electron chi connectivity index (χ3n) is 4.78. The number of piperidine rings is 1. The van der Waals surface area contributed by atoms with Crippen molar-refractivity contribution in [2.24, 2.45) is 0 Å². The van der Waals surface area contributed by atoms with E-state index in [2.05, 4.69) is 5.32 Å². The van der Waals surface area contributed by atoms with Gasteiger partial charge >= 0.3 is 0 Å². The van der Waals surface area contributed by atoms with Crippen molar-refractivity contribution >= 4 is 23.4 Å². The molecular formula is C21H25ClN2O4. The third kappa shape index (κ3) is 5.07. The lowest BCUT2D eigenvalue weighted by molar-refractivity contribution is -0.133. The molecule has 1 saturated heterocycles. The Morgan fingerprint density at radius 3 is 2.68 bits per heavy atom. The summed E-state index contributed by atoms with van der Waals surface area (Å²) in [7, 11) is 0. The Kier molecular flexibility index (Phi) is 6.62. The topological polar surface area (TPSA) is 71.8 Å². The molecule has 2 aromatic rings. The van der Waals surface area contributed by atoms with Gasteiger partial charge in [0, 0.05) is 18.1 Å². The van der Waals surface area contributed by atoms with Crippen LogP contribution >= 0.6 is 11.6 Å². The quantitative estimate of drug-likeness (QED) is 0.791. The molecule has 1 aliphatic rings. The van der Waals surface area contributed by atoms with Gasteiger partial charge in [0.25, 0.3) is 5.91 Å². The van der Waals surface area contributed by atoms with Crippen LogP contribution in [0.2, 0.25) is 5.02 Å². The molecule has 2 amide bonds. The monoisotopic (exact) mass is 404 g/mol. The highest BCUT2D eigenvalue weighted by Gasteiger charge is 2.24. The molecule has 0 bridgehead atoms. The molecule has 7 heteroatoms. The van der Waals surface area contributed by atoms with Crippen LogP contribution in [0.5, 0.6) is 5.75 Å². The van der Waals surface area contributed by atoms with E-state index in [0.717, 1.165) is 37.9 Å². The van der Waals surface area contributed by atoms with Crippen LogP contribution in [0, 0.1) is 6.92 Å². The summed E-state index contributed by atoms with van der Waals surface area (Å²) in [5.74, 6) is 0.884. The van der Waals surface area contributed by atoms with Gasteiger partial charge in [-0.1, -0.05) is 11.6 Å². The maximum atomic E-state index is 12.4. The lowest BCUT2D eigenvalue weighted by atomic mass is 10.1. The first kappa shape index (κ1) is 20.3. The van der Waals surface area contributed by atoms with Crippen LogP contribution < -0.4 is 10.1 Å². The van der Waals surface area contributed by atoms with E-state index < -0.39 is 11.9 Å². The number of aryl methyl sites for hydroxylation is 1. The van der Waals surface area contributed by atoms with E-state index >= 15 is 0 Å². The number of benzene rings is 1. The molecular weight excluding hydrogens is 380 g/mol. The smallest absolute Gasteiger partial charge is 0.287 e. The zero-order chi connectivity index (χ0) is 20.1. The van der Waals surface area contributed by atoms with Crippen molar-refractivity contribution < 1.29 is 18.7 Å². The number of hydrogen-bond acceptors (Lipinski definition) is 4. The Morgan fingerprint density at radius 2 is 1.96 bits per heavy atom. The molecule has 0 aliphatic carbocycles. The summed E-state index contributed by atoms with van der Waals surface area (Å²) in [5.41, 5.74) is 0.922. The first-order chi connectivity index (χ1) is 13.4. The van der Waals surface area contributed by atoms with E-state index in [1.54, 1.807) is 31.2 Å². The van der Waals surface area contributed by atoms with Gasteiger partial charge in [-0.15, -0.1) is 0 Å². The number of rotatable bonds is 6. The van der Waals surface area contributed by atoms with Gasteiger partial charge in [0.2, 0.25) is 5.91 Å². The maximum Gasteiger partial charge on any atom is 0.287 e. The number of nitrogens with one attached hydrogen (secondary N) is 1. The van der Waals surface area contributed by atoms with Crippen LogP contribution in [0.3, 0.4) is 0 Å². The zero-order valence-electron chi connectivity index (χ0n) is 16.2. The molecule has 0 saturated carbocycles. The normalized spacial score (nSPS) is 15.2. The van der Waals surface area contributed by atoms with Crippen LogP contribution in [0.15, 0.2) is 34.7 Å². The Balaban J connectivity index is 1.53. The Morgan fingerprint density at radius 1 is 1.21 bits per heavy atom. The van der Waals surface area contributed by atoms with Gasteiger partial charge in [-0.25, -0.2) is 0 Å². The highest BCUT2D eigenvalue weighted by Crippen LogP contribution is 2.22. The first-order valence-electron chi connectivity index (χ1n) is 9.51. The SMILES string of the molecule is Cc1cc(OCc2ccc(C(=O)NC(C)C(=O)N3CCCCC3)o2)ccc1Cl. The van der Waals surface area contributed by atoms with Crippen molar-refractivity contribution in [3.63, 3.8) is 0 Å². The molecule has 1 aromatic carbocycles. The lowest BCUT2D eigenvalue weighted by Crippen LogP contribution is -2.48. The zero-order valence-corrected chi connectivity index (χ0v) is 16.9. The summed E-state index contributed by atoms with van der Waals surface area (Å²) in [6.07, 6.45) is 3.18. The first-order valence-corrected chi connectivity index (χ1v) is 9.89. The van der Waals surface area contributed by atoms with E-state index in [4.69, 9.17) is 20.8 Å². The molecule has 2 heterocycles. The third-order valence-corrected chi connectivity index (χ3v) is 5.21. The van der Waals surface area contributed by atoms with Gasteiger partial charge in [0.1, 0.15) is 24.2 Å². The van der Waals surface area contributed by atoms with Crippen LogP contribution in [-0.4, -0.2) is 35.8 Å². The molecule has 1 aromatic heterocycles. The predicted octanol–water partition coefficient (Wildman–Crippen LogP) is 3.95. The number of furan rings is 1. The molecule has 0 spiro atoms. The van der Waals surface area contributed by atoms with E-state index in [-0.39, 0.29) is 18.3 Å². The number of hydrogen-bond donors (Lipinski definition) is 1. The standard InChI is InChI=1S/C21H25ClN2O4/c1-14-12-16(6-8-18(14)22)27-13-17-7-9-19(28-17)20(25)23-15(2)21(26)24-10-4-3-5-11-24/h6-9,12,15H,3-5,10-11,13H2,1-2H3,(H,23,25). The summed E-state index contributed by atoms with van der Waals surface area (Å²) in [4.78, 5) is 26.6. The number of halogens is 1. The van der Waals surface area contributed by atoms with Gasteiger partial charge in [-0.05, 0) is 69.0 Å². The van der Waals surface area contributed by atoms with Crippen LogP contribution in [-0.2, 0) is 11.4 Å². The predicted molar refractivity (Wildman–Crippen MR) is 107 cm³/mol. The second-order valence-corrected chi connectivity index (χ2v) is 7.45. The second-order valence-electron chi connectivity index (χ2n) is 7.05. The maximum absolute atomic E-state index is 12.4. The van der Waals surface area contributed by atoms with Crippen LogP contribution in [0.1, 0.15) is 48.1 Å². The Hall–Kier alpha value is -2.47. The van der Waals surface area contributed by atoms with Gasteiger partial charge in [0.15, 0.2) is 5.76 Å². The van der Waals surface area contributed by atoms with Crippen molar-refractivity contribution in [2.75, 3.05) is 13.1 Å². The Labute approximate surface area is 169 Å². The van der Waals surface area contributed by atoms with Gasteiger partial charge in [-0.2, -0.15) is 0 Å². The number of likely N-dealkylation sites (tertiary alicyclic amines) is 1. The minimum absolute atomic E-state index is 0.0544. The van der Waals surface area contributed by atoms with E-state index in [1.165, 1.54) is 0 Å². The molecule has 1 fully saturated rings. The van der Waals surface area contributed by atoms with Crippen LogP contribution in [0.4, 0.5) is 0 Å². The fourth-order valence-corrected chi connectivity index (χ4v) is 3.27. The van der Waals surface area contributed by atoms with Crippen molar-refractivity contribution in [1.82, 2.24) is 10.2 Å². The van der Waals surface area contributed by atoms with Gasteiger partial charge in [0.05, 0.1) is 0 Å². The molecule has 3 rings (SSSR count). The van der Waals surface area contributed by atoms with E-state index in [9.17, 15) is 9.59 Å². The average Bonchev–Trinajstić information content (AvgIpc) is 3.18. The van der Waals surface area contributed by atoms with Crippen molar-refractivity contribution in [3.05, 3.63) is 52.4 Å². The van der Waals surface area contributed by atoms with Crippen molar-refractivity contribution in [2.45, 2.75) is 45.8 Å². The lowest BCUT2D eigenvalue weighted by Gasteiger charge is -2.29. The summed E-state index contributed by atoms with van der Waals surface area (Å²) in [5, 5.41) is 3.39. The molecule has 6 nitrogen and oxygen atoms in total. The van der Waals surface area contributed by atoms with Gasteiger partial charge < -0.3 is 19.4 Å². The molecule has 1 aliphatic heterocycles. The van der Waals surface area contributed by atoms with E-state index in [0.29, 0.717) is 16.5 Å². The molecule has 1 N–H and O–H groups in total. The number of carbonyl (C=O) groups is 2. The summed E-state index contributed by atoms with van der Waals surface area (Å²) in [6.45, 7) is 5.30. The summed E-state index contributed by atoms with van der Waals surface area (Å²) in [6, 6.07) is 8.07. The largest absolute Gasteiger partial charge is 0.486 e. The number of amides is 2. The fourth-order valence-electron chi connectivity index (χ4n) is 3.16. The molecule has 0 radical (unpaired) electrons. The van der Waals surface area contributed by atoms with Crippen LogP contribution in [0.25, 0.3) is 0 Å². The van der Waals surface area contributed by atoms with Crippen molar-refractivity contribution in [1.29, 1.82) is 0 Å². The van der Waals surface area contributed by atoms with Crippen molar-refractivity contribution in [3.8, 4) is 5.75 Å². The second kappa shape index (κ2) is 9.15. The summed E-state index contributed by atoms with van der Waals surface area (Å²) < 4.78 is 11.2. The number of carbonyl (C=O) groups excluding carboxylic acids is 2. The molecule has 1 unspecified atom stereocenters. The molecule has 28 heavy (non-hydrogen) atoms. The average molecular weight is 405 g/mol. The molecule has 150 valence electrons.